The van der Waals surface area contributed by atoms with Crippen molar-refractivity contribution in [1.82, 2.24) is 4.31 Å². The molecule has 1 unspecified atom stereocenters. The summed E-state index contributed by atoms with van der Waals surface area (Å²) in [5.41, 5.74) is 0.455. The Balaban J connectivity index is 2.15. The first-order valence-electron chi connectivity index (χ1n) is 7.66. The second-order valence-electron chi connectivity index (χ2n) is 5.91. The Bertz CT molecular complexity index is 696. The van der Waals surface area contributed by atoms with Crippen molar-refractivity contribution < 1.29 is 28.4 Å². The van der Waals surface area contributed by atoms with Crippen molar-refractivity contribution in [2.45, 2.75) is 31.1 Å². The van der Waals surface area contributed by atoms with Crippen molar-refractivity contribution >= 4 is 21.7 Å². The van der Waals surface area contributed by atoms with Gasteiger partial charge in [-0.15, -0.1) is 0 Å². The van der Waals surface area contributed by atoms with Gasteiger partial charge in [0.15, 0.2) is 5.69 Å². The van der Waals surface area contributed by atoms with E-state index in [1.54, 1.807) is 6.92 Å². The van der Waals surface area contributed by atoms with Gasteiger partial charge in [0.1, 0.15) is 0 Å². The van der Waals surface area contributed by atoms with Gasteiger partial charge in [0.05, 0.1) is 12.0 Å². The van der Waals surface area contributed by atoms with Crippen LogP contribution in [0.2, 0.25) is 0 Å². The van der Waals surface area contributed by atoms with E-state index in [1.165, 1.54) is 29.6 Å². The van der Waals surface area contributed by atoms with Crippen molar-refractivity contribution in [1.29, 1.82) is 0 Å². The number of carbonyl (C=O) groups excluding carboxylic acids is 1. The van der Waals surface area contributed by atoms with Crippen molar-refractivity contribution in [2.24, 2.45) is 5.92 Å². The second kappa shape index (κ2) is 7.58. The van der Waals surface area contributed by atoms with Gasteiger partial charge < -0.3 is 9.94 Å². The second-order valence-corrected chi connectivity index (χ2v) is 7.82. The van der Waals surface area contributed by atoms with Crippen LogP contribution >= 0.6 is 0 Å². The molecule has 2 N–H and O–H groups in total. The molecule has 134 valence electrons. The van der Waals surface area contributed by atoms with Crippen LogP contribution in [0.5, 0.6) is 0 Å². The van der Waals surface area contributed by atoms with Gasteiger partial charge in [0, 0.05) is 31.6 Å². The molecular weight excluding hydrogens is 336 g/mol. The maximum atomic E-state index is 12.8. The molecule has 0 radical (unpaired) electrons. The third kappa shape index (κ3) is 4.11. The summed E-state index contributed by atoms with van der Waals surface area (Å²) < 4.78 is 31.6. The molecular formula is C15H22N2O6S. The fourth-order valence-corrected chi connectivity index (χ4v) is 4.54. The van der Waals surface area contributed by atoms with Crippen LogP contribution in [-0.4, -0.2) is 44.1 Å². The van der Waals surface area contributed by atoms with Gasteiger partial charge in [-0.1, -0.05) is 6.07 Å². The lowest BCUT2D eigenvalue weighted by Crippen LogP contribution is -2.99. The molecule has 1 heterocycles. The molecule has 1 aliphatic rings. The number of methoxy groups -OCH3 is 1. The fraction of sp³-hybridized carbons (Fsp3) is 0.533. The minimum atomic E-state index is -3.75. The standard InChI is InChI=1S/C15H22N2O6S/c1-11-3-4-13(17(19)20)10-14(11)24(21,22)16-7-5-12(6-8-16)9-15(18)23-2/h3-4,10,12,17,19H,5-9H2,1-2H3. The van der Waals surface area contributed by atoms with Gasteiger partial charge >= 0.3 is 5.97 Å². The van der Waals surface area contributed by atoms with E-state index in [4.69, 9.17) is 5.21 Å². The van der Waals surface area contributed by atoms with E-state index < -0.39 is 15.2 Å². The Hall–Kier alpha value is -1.52. The van der Waals surface area contributed by atoms with Crippen LogP contribution in [0.15, 0.2) is 23.1 Å². The lowest BCUT2D eigenvalue weighted by molar-refractivity contribution is -0.991. The summed E-state index contributed by atoms with van der Waals surface area (Å²) in [5, 5.41) is 19.0. The predicted octanol–water partition coefficient (Wildman–Crippen LogP) is 0.362. The van der Waals surface area contributed by atoms with E-state index in [2.05, 4.69) is 4.74 Å². The lowest BCUT2D eigenvalue weighted by atomic mass is 9.95. The summed E-state index contributed by atoms with van der Waals surface area (Å²) >= 11 is 0. The summed E-state index contributed by atoms with van der Waals surface area (Å²) in [6, 6.07) is 4.09. The molecule has 1 aliphatic heterocycles. The fourth-order valence-electron chi connectivity index (χ4n) is 2.82. The van der Waals surface area contributed by atoms with E-state index in [0.717, 1.165) is 0 Å². The van der Waals surface area contributed by atoms with Crippen LogP contribution in [-0.2, 0) is 19.6 Å². The Kier molecular flexibility index (Phi) is 5.94. The normalized spacial score (nSPS) is 18.3. The maximum absolute atomic E-state index is 12.8. The first-order valence-corrected chi connectivity index (χ1v) is 9.10. The molecule has 8 nitrogen and oxygen atoms in total. The smallest absolute Gasteiger partial charge is 0.305 e. The zero-order valence-electron chi connectivity index (χ0n) is 13.7. The van der Waals surface area contributed by atoms with E-state index in [1.807, 2.05) is 0 Å². The highest BCUT2D eigenvalue weighted by molar-refractivity contribution is 7.89. The third-order valence-corrected chi connectivity index (χ3v) is 6.35. The number of benzene rings is 1. The zero-order valence-corrected chi connectivity index (χ0v) is 14.5. The SMILES string of the molecule is COC(=O)CC1CCN(S(=O)(=O)c2cc([NH+]([O-])O)ccc2C)CC1. The van der Waals surface area contributed by atoms with E-state index in [0.29, 0.717) is 31.5 Å². The van der Waals surface area contributed by atoms with Crippen molar-refractivity contribution in [3.63, 3.8) is 0 Å². The molecule has 0 spiro atoms. The Morgan fingerprint density at radius 3 is 2.58 bits per heavy atom. The average Bonchev–Trinajstić information content (AvgIpc) is 2.55. The Labute approximate surface area is 141 Å². The van der Waals surface area contributed by atoms with Crippen LogP contribution in [0.3, 0.4) is 0 Å². The van der Waals surface area contributed by atoms with Crippen LogP contribution in [0.25, 0.3) is 0 Å². The summed E-state index contributed by atoms with van der Waals surface area (Å²) in [6.07, 6.45) is 1.44. The minimum absolute atomic E-state index is 0.0221. The number of ether oxygens (including phenoxy) is 1. The topological polar surface area (TPSA) is 111 Å². The molecule has 9 heteroatoms. The van der Waals surface area contributed by atoms with Gasteiger partial charge in [-0.25, -0.2) is 13.6 Å². The molecule has 1 aromatic rings. The molecule has 24 heavy (non-hydrogen) atoms. The van der Waals surface area contributed by atoms with Crippen LogP contribution in [0.4, 0.5) is 5.69 Å². The van der Waals surface area contributed by atoms with Gasteiger partial charge in [0.2, 0.25) is 10.0 Å². The summed E-state index contributed by atoms with van der Waals surface area (Å²) in [6.45, 7) is 2.25. The van der Waals surface area contributed by atoms with Crippen LogP contribution in [0.1, 0.15) is 24.8 Å². The summed E-state index contributed by atoms with van der Waals surface area (Å²) in [4.78, 5) is 11.3. The maximum Gasteiger partial charge on any atom is 0.305 e. The number of esters is 1. The van der Waals surface area contributed by atoms with Gasteiger partial charge in [0.25, 0.3) is 0 Å². The number of quaternary nitrogens is 1. The number of hydrogen-bond acceptors (Lipinski definition) is 6. The molecule has 2 rings (SSSR count). The number of aryl methyl sites for hydroxylation is 1. The molecule has 1 aromatic carbocycles. The number of nitrogens with one attached hydrogen (secondary N) is 1. The molecule has 1 atom stereocenters. The Morgan fingerprint density at radius 2 is 2.04 bits per heavy atom. The van der Waals surface area contributed by atoms with Gasteiger partial charge in [-0.3, -0.25) is 4.79 Å². The third-order valence-electron chi connectivity index (χ3n) is 4.31. The largest absolute Gasteiger partial charge is 0.595 e. The number of sulfonamides is 1. The van der Waals surface area contributed by atoms with E-state index >= 15 is 0 Å². The first kappa shape index (κ1) is 18.8. The van der Waals surface area contributed by atoms with Crippen molar-refractivity contribution in [3.05, 3.63) is 29.0 Å². The van der Waals surface area contributed by atoms with Gasteiger partial charge in [-0.05, 0) is 31.2 Å². The first-order chi connectivity index (χ1) is 11.3. The average molecular weight is 358 g/mol. The quantitative estimate of drug-likeness (QED) is 0.581. The molecule has 0 bridgehead atoms. The number of rotatable bonds is 5. The summed E-state index contributed by atoms with van der Waals surface area (Å²) in [7, 11) is -2.42. The molecule has 1 fully saturated rings. The van der Waals surface area contributed by atoms with E-state index in [9.17, 15) is 18.4 Å². The number of nitrogens with zero attached hydrogens (tertiary/aromatic N) is 1. The molecule has 1 saturated heterocycles. The monoisotopic (exact) mass is 358 g/mol. The highest BCUT2D eigenvalue weighted by Crippen LogP contribution is 2.28. The molecule has 0 aliphatic carbocycles. The molecule has 0 amide bonds. The van der Waals surface area contributed by atoms with Gasteiger partial charge in [-0.2, -0.15) is 9.53 Å². The lowest BCUT2D eigenvalue weighted by Gasteiger charge is -2.31. The van der Waals surface area contributed by atoms with Crippen molar-refractivity contribution in [2.75, 3.05) is 20.2 Å². The predicted molar refractivity (Wildman–Crippen MR) is 85.1 cm³/mol. The number of piperidine rings is 1. The Morgan fingerprint density at radius 1 is 1.42 bits per heavy atom. The molecule has 0 aromatic heterocycles. The molecule has 0 saturated carbocycles. The van der Waals surface area contributed by atoms with Crippen LogP contribution in [0, 0.1) is 18.0 Å². The number of carbonyl (C=O) groups is 1. The number of hydrogen-bond donors (Lipinski definition) is 2. The van der Waals surface area contributed by atoms with Crippen molar-refractivity contribution in [3.8, 4) is 0 Å². The van der Waals surface area contributed by atoms with Crippen LogP contribution < -0.4 is 5.23 Å². The minimum Gasteiger partial charge on any atom is -0.595 e. The highest BCUT2D eigenvalue weighted by Gasteiger charge is 2.31. The zero-order chi connectivity index (χ0) is 17.9. The summed E-state index contributed by atoms with van der Waals surface area (Å²) in [5.74, 6) is -0.184. The highest BCUT2D eigenvalue weighted by atomic mass is 32.2. The van der Waals surface area contributed by atoms with E-state index in [-0.39, 0.29) is 28.9 Å².